The van der Waals surface area contributed by atoms with Crippen LogP contribution >= 0.6 is 0 Å². The van der Waals surface area contributed by atoms with Gasteiger partial charge in [0.15, 0.2) is 0 Å². The molecule has 0 atom stereocenters. The summed E-state index contributed by atoms with van der Waals surface area (Å²) in [6.07, 6.45) is 0.490. The lowest BCUT2D eigenvalue weighted by Crippen LogP contribution is -2.04. The average Bonchev–Trinajstić information content (AvgIpc) is 2.26. The van der Waals surface area contributed by atoms with Gasteiger partial charge >= 0.3 is 5.97 Å². The Kier molecular flexibility index (Phi) is 4.44. The van der Waals surface area contributed by atoms with Gasteiger partial charge in [-0.1, -0.05) is 11.2 Å². The van der Waals surface area contributed by atoms with Gasteiger partial charge in [-0.05, 0) is 31.0 Å². The summed E-state index contributed by atoms with van der Waals surface area (Å²) in [6.45, 7) is 2.36. The lowest BCUT2D eigenvalue weighted by atomic mass is 10.1. The van der Waals surface area contributed by atoms with Gasteiger partial charge in [0.05, 0.1) is 13.2 Å². The topological polar surface area (TPSA) is 76.0 Å². The fourth-order valence-corrected chi connectivity index (χ4v) is 1.35. The van der Waals surface area contributed by atoms with Gasteiger partial charge in [0.25, 0.3) is 0 Å². The molecule has 1 rings (SSSR count). The van der Waals surface area contributed by atoms with Gasteiger partial charge in [-0.3, -0.25) is 0 Å². The van der Waals surface area contributed by atoms with Gasteiger partial charge in [0, 0.05) is 0 Å². The lowest BCUT2D eigenvalue weighted by molar-refractivity contribution is 0.0692. The quantitative estimate of drug-likeness (QED) is 0.749. The number of hydrogen-bond donors (Lipinski definition) is 1. The molecule has 5 nitrogen and oxygen atoms in total. The second-order valence-electron chi connectivity index (χ2n) is 3.17. The maximum absolute atomic E-state index is 10.9. The molecule has 0 unspecified atom stereocenters. The molecule has 86 valence electrons. The van der Waals surface area contributed by atoms with Crippen molar-refractivity contribution >= 4 is 5.97 Å². The van der Waals surface area contributed by atoms with Crippen LogP contribution in [-0.2, 0) is 6.42 Å². The van der Waals surface area contributed by atoms with E-state index in [1.54, 1.807) is 19.1 Å². The Morgan fingerprint density at radius 3 is 2.81 bits per heavy atom. The Bertz CT molecular complexity index is 390. The van der Waals surface area contributed by atoms with Gasteiger partial charge in [-0.25, -0.2) is 4.79 Å². The number of carboxylic acid groups (broad SMARTS) is 1. The zero-order valence-corrected chi connectivity index (χ0v) is 8.97. The van der Waals surface area contributed by atoms with E-state index in [-0.39, 0.29) is 12.1 Å². The zero-order valence-electron chi connectivity index (χ0n) is 8.97. The van der Waals surface area contributed by atoms with E-state index in [0.717, 1.165) is 5.56 Å². The molecule has 0 heterocycles. The van der Waals surface area contributed by atoms with E-state index in [4.69, 9.17) is 9.84 Å². The highest BCUT2D eigenvalue weighted by Crippen LogP contribution is 2.21. The second-order valence-corrected chi connectivity index (χ2v) is 3.17. The van der Waals surface area contributed by atoms with Gasteiger partial charge in [0.1, 0.15) is 11.3 Å². The molecule has 0 aliphatic carbocycles. The molecule has 0 aliphatic heterocycles. The molecule has 1 aromatic carbocycles. The minimum absolute atomic E-state index is 0.129. The van der Waals surface area contributed by atoms with Crippen LogP contribution in [-0.4, -0.2) is 24.2 Å². The number of benzene rings is 1. The molecule has 0 fully saturated rings. The normalized spacial score (nSPS) is 9.81. The van der Waals surface area contributed by atoms with Crippen LogP contribution < -0.4 is 4.74 Å². The number of nitrogens with zero attached hydrogens (tertiary/aromatic N) is 1. The van der Waals surface area contributed by atoms with E-state index in [0.29, 0.717) is 18.8 Å². The first-order valence-corrected chi connectivity index (χ1v) is 4.97. The number of nitroso groups, excluding NO2 is 1. The number of carboxylic acids is 1. The fraction of sp³-hybridized carbons (Fsp3) is 0.364. The number of aromatic carboxylic acids is 1. The smallest absolute Gasteiger partial charge is 0.339 e. The van der Waals surface area contributed by atoms with Gasteiger partial charge in [-0.15, -0.1) is 0 Å². The van der Waals surface area contributed by atoms with E-state index < -0.39 is 5.97 Å². The molecular formula is C11H13NO4. The largest absolute Gasteiger partial charge is 0.493 e. The minimum atomic E-state index is -1.02. The Labute approximate surface area is 93.0 Å². The van der Waals surface area contributed by atoms with Crippen molar-refractivity contribution in [1.82, 2.24) is 0 Å². The molecule has 0 aromatic heterocycles. The van der Waals surface area contributed by atoms with Gasteiger partial charge in [-0.2, -0.15) is 4.91 Å². The first-order valence-electron chi connectivity index (χ1n) is 4.97. The summed E-state index contributed by atoms with van der Waals surface area (Å²) in [6, 6.07) is 4.78. The van der Waals surface area contributed by atoms with E-state index in [1.165, 1.54) is 6.07 Å². The number of rotatable bonds is 6. The van der Waals surface area contributed by atoms with Crippen LogP contribution in [0, 0.1) is 4.91 Å². The van der Waals surface area contributed by atoms with E-state index in [9.17, 15) is 9.70 Å². The summed E-state index contributed by atoms with van der Waals surface area (Å²) in [7, 11) is 0. The molecule has 1 N–H and O–H groups in total. The fourth-order valence-electron chi connectivity index (χ4n) is 1.35. The molecule has 0 saturated carbocycles. The molecule has 0 spiro atoms. The third-order valence-electron chi connectivity index (χ3n) is 2.07. The molecule has 0 amide bonds. The van der Waals surface area contributed by atoms with E-state index in [2.05, 4.69) is 5.18 Å². The molecule has 1 aromatic rings. The van der Waals surface area contributed by atoms with Crippen LogP contribution in [0.2, 0.25) is 0 Å². The average molecular weight is 223 g/mol. The third kappa shape index (κ3) is 3.05. The number of ether oxygens (including phenoxy) is 1. The molecule has 0 aliphatic rings. The van der Waals surface area contributed by atoms with Gasteiger partial charge in [0.2, 0.25) is 0 Å². The molecule has 16 heavy (non-hydrogen) atoms. The Balaban J connectivity index is 2.96. The summed E-state index contributed by atoms with van der Waals surface area (Å²) in [5.74, 6) is -0.693. The van der Waals surface area contributed by atoms with Crippen molar-refractivity contribution in [2.75, 3.05) is 13.2 Å². The van der Waals surface area contributed by atoms with Crippen molar-refractivity contribution in [2.45, 2.75) is 13.3 Å². The summed E-state index contributed by atoms with van der Waals surface area (Å²) in [4.78, 5) is 20.9. The van der Waals surface area contributed by atoms with E-state index >= 15 is 0 Å². The van der Waals surface area contributed by atoms with Crippen LogP contribution in [0.15, 0.2) is 23.4 Å². The Hall–Kier alpha value is -1.91. The minimum Gasteiger partial charge on any atom is -0.493 e. The van der Waals surface area contributed by atoms with Crippen molar-refractivity contribution in [3.8, 4) is 5.75 Å². The highest BCUT2D eigenvalue weighted by atomic mass is 16.5. The predicted molar refractivity (Wildman–Crippen MR) is 58.9 cm³/mol. The summed E-state index contributed by atoms with van der Waals surface area (Å²) in [5, 5.41) is 11.7. The van der Waals surface area contributed by atoms with Crippen LogP contribution in [0.1, 0.15) is 22.8 Å². The van der Waals surface area contributed by atoms with Crippen LogP contribution in [0.25, 0.3) is 0 Å². The van der Waals surface area contributed by atoms with Crippen LogP contribution in [0.5, 0.6) is 5.75 Å². The maximum Gasteiger partial charge on any atom is 0.339 e. The van der Waals surface area contributed by atoms with Crippen molar-refractivity contribution in [1.29, 1.82) is 0 Å². The Morgan fingerprint density at radius 2 is 2.25 bits per heavy atom. The first kappa shape index (κ1) is 12.2. The number of carbonyl (C=O) groups is 1. The van der Waals surface area contributed by atoms with Crippen molar-refractivity contribution in [3.63, 3.8) is 0 Å². The second kappa shape index (κ2) is 5.85. The lowest BCUT2D eigenvalue weighted by Gasteiger charge is -2.08. The SMILES string of the molecule is CCOc1cc(CCN=O)ccc1C(=O)O. The highest BCUT2D eigenvalue weighted by molar-refractivity contribution is 5.90. The predicted octanol–water partition coefficient (Wildman–Crippen LogP) is 2.09. The molecule has 0 radical (unpaired) electrons. The van der Waals surface area contributed by atoms with Crippen molar-refractivity contribution < 1.29 is 14.6 Å². The zero-order chi connectivity index (χ0) is 12.0. The van der Waals surface area contributed by atoms with Crippen LogP contribution in [0.3, 0.4) is 0 Å². The van der Waals surface area contributed by atoms with Gasteiger partial charge < -0.3 is 9.84 Å². The van der Waals surface area contributed by atoms with Crippen LogP contribution in [0.4, 0.5) is 0 Å². The first-order chi connectivity index (χ1) is 7.69. The molecular weight excluding hydrogens is 210 g/mol. The maximum atomic E-state index is 10.9. The highest BCUT2D eigenvalue weighted by Gasteiger charge is 2.11. The molecule has 0 bridgehead atoms. The van der Waals surface area contributed by atoms with Crippen molar-refractivity contribution in [3.05, 3.63) is 34.2 Å². The molecule has 0 saturated heterocycles. The summed E-state index contributed by atoms with van der Waals surface area (Å²) >= 11 is 0. The van der Waals surface area contributed by atoms with E-state index in [1.807, 2.05) is 0 Å². The number of hydrogen-bond acceptors (Lipinski definition) is 4. The third-order valence-corrected chi connectivity index (χ3v) is 2.07. The summed E-state index contributed by atoms with van der Waals surface area (Å²) < 4.78 is 5.23. The van der Waals surface area contributed by atoms with Crippen molar-refractivity contribution in [2.24, 2.45) is 5.18 Å². The standard InChI is InChI=1S/C11H13NO4/c1-2-16-10-7-8(5-6-12-15)3-4-9(10)11(13)14/h3-4,7H,2,5-6H2,1H3,(H,13,14). The summed E-state index contributed by atoms with van der Waals surface area (Å²) in [5.41, 5.74) is 0.970. The monoisotopic (exact) mass is 223 g/mol. The Morgan fingerprint density at radius 1 is 1.50 bits per heavy atom. The molecule has 5 heteroatoms.